The largest absolute Gasteiger partial charge is 0.377 e. The van der Waals surface area contributed by atoms with Crippen molar-refractivity contribution in [2.75, 3.05) is 20.2 Å². The lowest BCUT2D eigenvalue weighted by atomic mass is 9.80. The molecule has 1 heterocycles. The van der Waals surface area contributed by atoms with Crippen molar-refractivity contribution in [1.82, 2.24) is 9.71 Å². The van der Waals surface area contributed by atoms with Gasteiger partial charge in [0.15, 0.2) is 0 Å². The zero-order chi connectivity index (χ0) is 15.3. The van der Waals surface area contributed by atoms with E-state index in [9.17, 15) is 8.42 Å². The summed E-state index contributed by atoms with van der Waals surface area (Å²) < 4.78 is 32.6. The molecule has 1 aromatic rings. The standard InChI is InChI=1S/C14H19N3O3S/c1-20-14(5-3-6-14)11-17-21(18,19)13-8-12(4-2-7-15)9-16-10-13/h8-10,17H,3,5-7,11,15H2,1H3. The summed E-state index contributed by atoms with van der Waals surface area (Å²) in [4.78, 5) is 4.00. The maximum Gasteiger partial charge on any atom is 0.242 e. The fourth-order valence-corrected chi connectivity index (χ4v) is 3.22. The smallest absolute Gasteiger partial charge is 0.242 e. The Morgan fingerprint density at radius 2 is 2.24 bits per heavy atom. The van der Waals surface area contributed by atoms with Crippen LogP contribution in [-0.4, -0.2) is 39.2 Å². The quantitative estimate of drug-likeness (QED) is 0.760. The predicted molar refractivity (Wildman–Crippen MR) is 78.9 cm³/mol. The normalized spacial score (nSPS) is 16.7. The highest BCUT2D eigenvalue weighted by Crippen LogP contribution is 2.34. The van der Waals surface area contributed by atoms with Crippen LogP contribution in [0.4, 0.5) is 0 Å². The van der Waals surface area contributed by atoms with E-state index in [4.69, 9.17) is 10.5 Å². The Bertz CT molecular complexity index is 652. The van der Waals surface area contributed by atoms with Gasteiger partial charge in [-0.1, -0.05) is 11.8 Å². The Kier molecular flexibility index (Phi) is 4.96. The lowest BCUT2D eigenvalue weighted by molar-refractivity contribution is -0.0659. The molecule has 0 radical (unpaired) electrons. The molecule has 3 N–H and O–H groups in total. The van der Waals surface area contributed by atoms with E-state index in [0.29, 0.717) is 5.56 Å². The Balaban J connectivity index is 2.12. The summed E-state index contributed by atoms with van der Waals surface area (Å²) in [5, 5.41) is 0. The van der Waals surface area contributed by atoms with Gasteiger partial charge in [0.25, 0.3) is 0 Å². The first-order valence-electron chi connectivity index (χ1n) is 6.70. The van der Waals surface area contributed by atoms with Gasteiger partial charge in [-0.25, -0.2) is 13.1 Å². The van der Waals surface area contributed by atoms with Crippen molar-refractivity contribution in [3.8, 4) is 11.8 Å². The molecule has 1 fully saturated rings. The molecule has 0 unspecified atom stereocenters. The third kappa shape index (κ3) is 3.80. The number of sulfonamides is 1. The van der Waals surface area contributed by atoms with Crippen LogP contribution in [0, 0.1) is 11.8 Å². The second-order valence-electron chi connectivity index (χ2n) is 4.98. The van der Waals surface area contributed by atoms with E-state index < -0.39 is 10.0 Å². The van der Waals surface area contributed by atoms with Crippen molar-refractivity contribution >= 4 is 10.0 Å². The lowest BCUT2D eigenvalue weighted by Crippen LogP contribution is -2.49. The van der Waals surface area contributed by atoms with Crippen LogP contribution < -0.4 is 10.5 Å². The first-order valence-corrected chi connectivity index (χ1v) is 8.18. The molecule has 1 saturated carbocycles. The van der Waals surface area contributed by atoms with Crippen LogP contribution in [0.1, 0.15) is 24.8 Å². The van der Waals surface area contributed by atoms with Crippen LogP contribution in [0.3, 0.4) is 0 Å². The third-order valence-electron chi connectivity index (χ3n) is 3.64. The summed E-state index contributed by atoms with van der Waals surface area (Å²) in [5.74, 6) is 5.44. The average molecular weight is 309 g/mol. The molecule has 1 aliphatic carbocycles. The van der Waals surface area contributed by atoms with E-state index in [-0.39, 0.29) is 23.6 Å². The number of ether oxygens (including phenoxy) is 1. The SMILES string of the molecule is COC1(CNS(=O)(=O)c2cncc(C#CCN)c2)CCC1. The summed E-state index contributed by atoms with van der Waals surface area (Å²) in [5.41, 5.74) is 5.45. The minimum atomic E-state index is -3.62. The monoisotopic (exact) mass is 309 g/mol. The highest BCUT2D eigenvalue weighted by Gasteiger charge is 2.38. The number of pyridine rings is 1. The minimum Gasteiger partial charge on any atom is -0.377 e. The molecule has 1 aliphatic rings. The Hall–Kier alpha value is -1.46. The summed E-state index contributed by atoms with van der Waals surface area (Å²) in [6, 6.07) is 1.48. The van der Waals surface area contributed by atoms with E-state index in [1.54, 1.807) is 7.11 Å². The van der Waals surface area contributed by atoms with Gasteiger partial charge in [-0.15, -0.1) is 0 Å². The molecule has 0 aliphatic heterocycles. The molecule has 0 atom stereocenters. The van der Waals surface area contributed by atoms with Crippen molar-refractivity contribution in [3.63, 3.8) is 0 Å². The van der Waals surface area contributed by atoms with Crippen molar-refractivity contribution in [2.45, 2.75) is 29.8 Å². The number of nitrogens with zero attached hydrogens (tertiary/aromatic N) is 1. The van der Waals surface area contributed by atoms with Crippen molar-refractivity contribution in [1.29, 1.82) is 0 Å². The van der Waals surface area contributed by atoms with Gasteiger partial charge >= 0.3 is 0 Å². The Morgan fingerprint density at radius 3 is 2.81 bits per heavy atom. The maximum absolute atomic E-state index is 12.3. The highest BCUT2D eigenvalue weighted by atomic mass is 32.2. The molecule has 114 valence electrons. The minimum absolute atomic E-state index is 0.0943. The van der Waals surface area contributed by atoms with Crippen LogP contribution >= 0.6 is 0 Å². The van der Waals surface area contributed by atoms with Gasteiger partial charge in [0.2, 0.25) is 10.0 Å². The zero-order valence-electron chi connectivity index (χ0n) is 11.9. The summed E-state index contributed by atoms with van der Waals surface area (Å²) in [6.45, 7) is 0.482. The maximum atomic E-state index is 12.3. The molecule has 0 bridgehead atoms. The molecule has 0 amide bonds. The molecule has 7 heteroatoms. The number of nitrogens with one attached hydrogen (secondary N) is 1. The van der Waals surface area contributed by atoms with Crippen LogP contribution in [-0.2, 0) is 14.8 Å². The van der Waals surface area contributed by atoms with Crippen LogP contribution in [0.15, 0.2) is 23.4 Å². The second-order valence-corrected chi connectivity index (χ2v) is 6.75. The van der Waals surface area contributed by atoms with Crippen LogP contribution in [0.25, 0.3) is 0 Å². The Morgan fingerprint density at radius 1 is 1.48 bits per heavy atom. The average Bonchev–Trinajstić information content (AvgIpc) is 2.45. The molecule has 21 heavy (non-hydrogen) atoms. The van der Waals surface area contributed by atoms with Crippen LogP contribution in [0.2, 0.25) is 0 Å². The second kappa shape index (κ2) is 6.54. The first-order chi connectivity index (χ1) is 10.0. The lowest BCUT2D eigenvalue weighted by Gasteiger charge is -2.40. The fourth-order valence-electron chi connectivity index (χ4n) is 2.12. The third-order valence-corrected chi connectivity index (χ3v) is 5.01. The highest BCUT2D eigenvalue weighted by molar-refractivity contribution is 7.89. The van der Waals surface area contributed by atoms with Gasteiger partial charge in [-0.05, 0) is 25.3 Å². The molecule has 0 spiro atoms. The molecule has 0 saturated heterocycles. The number of hydrogen-bond donors (Lipinski definition) is 2. The fraction of sp³-hybridized carbons (Fsp3) is 0.500. The van der Waals surface area contributed by atoms with Gasteiger partial charge in [0.1, 0.15) is 4.90 Å². The molecular weight excluding hydrogens is 290 g/mol. The zero-order valence-corrected chi connectivity index (χ0v) is 12.7. The number of nitrogens with two attached hydrogens (primary N) is 1. The number of hydrogen-bond acceptors (Lipinski definition) is 5. The summed E-state index contributed by atoms with van der Waals surface area (Å²) in [7, 11) is -2.01. The number of aromatic nitrogens is 1. The number of rotatable bonds is 5. The van der Waals surface area contributed by atoms with E-state index in [1.807, 2.05) is 0 Å². The van der Waals surface area contributed by atoms with Crippen molar-refractivity contribution in [3.05, 3.63) is 24.0 Å². The first kappa shape index (κ1) is 15.9. The van der Waals surface area contributed by atoms with Crippen molar-refractivity contribution in [2.24, 2.45) is 5.73 Å². The van der Waals surface area contributed by atoms with Gasteiger partial charge < -0.3 is 10.5 Å². The summed E-state index contributed by atoms with van der Waals surface area (Å²) >= 11 is 0. The molecular formula is C14H19N3O3S. The molecule has 0 aromatic carbocycles. The summed E-state index contributed by atoms with van der Waals surface area (Å²) in [6.07, 6.45) is 5.60. The van der Waals surface area contributed by atoms with E-state index in [1.165, 1.54) is 18.5 Å². The van der Waals surface area contributed by atoms with Gasteiger partial charge in [0, 0.05) is 31.6 Å². The molecule has 6 nitrogen and oxygen atoms in total. The van der Waals surface area contributed by atoms with E-state index in [0.717, 1.165) is 19.3 Å². The molecule has 2 rings (SSSR count). The van der Waals surface area contributed by atoms with E-state index in [2.05, 4.69) is 21.5 Å². The Labute approximate surface area is 125 Å². The molecule has 1 aromatic heterocycles. The topological polar surface area (TPSA) is 94.3 Å². The number of methoxy groups -OCH3 is 1. The van der Waals surface area contributed by atoms with E-state index >= 15 is 0 Å². The van der Waals surface area contributed by atoms with Gasteiger partial charge in [-0.2, -0.15) is 0 Å². The van der Waals surface area contributed by atoms with Gasteiger partial charge in [0.05, 0.1) is 12.1 Å². The van der Waals surface area contributed by atoms with Gasteiger partial charge in [-0.3, -0.25) is 4.98 Å². The predicted octanol–water partition coefficient (Wildman–Crippen LogP) is 0.239. The van der Waals surface area contributed by atoms with Crippen LogP contribution in [0.5, 0.6) is 0 Å². The van der Waals surface area contributed by atoms with Crippen molar-refractivity contribution < 1.29 is 13.2 Å².